The molecule has 1 aliphatic rings. The molecule has 7 heteroatoms. The van der Waals surface area contributed by atoms with Crippen LogP contribution in [0.1, 0.15) is 42.4 Å². The maximum absolute atomic E-state index is 13.0. The number of hydrogen-bond donors (Lipinski definition) is 1. The van der Waals surface area contributed by atoms with E-state index in [2.05, 4.69) is 21.2 Å². The van der Waals surface area contributed by atoms with Crippen LogP contribution < -0.4 is 5.32 Å². The zero-order valence-corrected chi connectivity index (χ0v) is 15.5. The van der Waals surface area contributed by atoms with Crippen molar-refractivity contribution in [1.82, 2.24) is 4.90 Å². The summed E-state index contributed by atoms with van der Waals surface area (Å²) < 4.78 is 0.416. The molecule has 1 amide bonds. The van der Waals surface area contributed by atoms with Crippen molar-refractivity contribution in [2.45, 2.75) is 32.5 Å². The van der Waals surface area contributed by atoms with Gasteiger partial charge in [0.2, 0.25) is 0 Å². The molecule has 2 aromatic carbocycles. The molecule has 0 fully saturated rings. The molecule has 0 spiro atoms. The Morgan fingerprint density at radius 1 is 1.32 bits per heavy atom. The number of fused-ring (bicyclic) bond motifs is 1. The molecule has 0 aromatic heterocycles. The normalized spacial score (nSPS) is 17.6. The Balaban J connectivity index is 2.11. The number of nitrogens with one attached hydrogen (secondary N) is 1. The number of carbonyl (C=O) groups is 1. The molecule has 130 valence electrons. The van der Waals surface area contributed by atoms with Gasteiger partial charge in [0.1, 0.15) is 6.17 Å². The van der Waals surface area contributed by atoms with Crippen LogP contribution in [0.3, 0.4) is 0 Å². The average Bonchev–Trinajstić information content (AvgIpc) is 2.61. The van der Waals surface area contributed by atoms with Crippen molar-refractivity contribution in [3.63, 3.8) is 0 Å². The Morgan fingerprint density at radius 3 is 2.72 bits per heavy atom. The number of hydrogen-bond acceptors (Lipinski definition) is 4. The number of amides is 1. The minimum absolute atomic E-state index is 0.0129. The summed E-state index contributed by atoms with van der Waals surface area (Å²) in [5, 5.41) is 14.6. The lowest BCUT2D eigenvalue weighted by molar-refractivity contribution is -0.385. The molecule has 6 nitrogen and oxygen atoms in total. The third-order valence-corrected chi connectivity index (χ3v) is 5.18. The summed E-state index contributed by atoms with van der Waals surface area (Å²) in [4.78, 5) is 25.6. The lowest BCUT2D eigenvalue weighted by Gasteiger charge is -2.41. The summed E-state index contributed by atoms with van der Waals surface area (Å²) in [6.45, 7) is 3.99. The van der Waals surface area contributed by atoms with Gasteiger partial charge in [0.25, 0.3) is 11.6 Å². The van der Waals surface area contributed by atoms with Gasteiger partial charge in [0.15, 0.2) is 0 Å². The number of anilines is 1. The molecule has 0 saturated carbocycles. The highest BCUT2D eigenvalue weighted by Gasteiger charge is 2.36. The predicted molar refractivity (Wildman–Crippen MR) is 99.5 cm³/mol. The van der Waals surface area contributed by atoms with Gasteiger partial charge in [-0.15, -0.1) is 0 Å². The molecule has 1 aliphatic heterocycles. The Hall–Kier alpha value is -2.41. The number of benzene rings is 2. The molecule has 3 rings (SSSR count). The molecule has 25 heavy (non-hydrogen) atoms. The van der Waals surface area contributed by atoms with E-state index in [0.29, 0.717) is 15.6 Å². The van der Waals surface area contributed by atoms with Gasteiger partial charge in [-0.2, -0.15) is 0 Å². The fourth-order valence-electron chi connectivity index (χ4n) is 3.00. The summed E-state index contributed by atoms with van der Waals surface area (Å²) in [7, 11) is 0. The van der Waals surface area contributed by atoms with Crippen LogP contribution in [0.4, 0.5) is 11.4 Å². The smallest absolute Gasteiger partial charge is 0.283 e. The molecule has 0 unspecified atom stereocenters. The van der Waals surface area contributed by atoms with Crippen molar-refractivity contribution in [1.29, 1.82) is 0 Å². The highest BCUT2D eigenvalue weighted by molar-refractivity contribution is 9.10. The Morgan fingerprint density at radius 2 is 2.04 bits per heavy atom. The summed E-state index contributed by atoms with van der Waals surface area (Å²) in [6.07, 6.45) is 0.328. The van der Waals surface area contributed by atoms with E-state index in [4.69, 9.17) is 0 Å². The lowest BCUT2D eigenvalue weighted by atomic mass is 10.0. The molecule has 0 bridgehead atoms. The van der Waals surface area contributed by atoms with Gasteiger partial charge in [-0.25, -0.2) is 0 Å². The van der Waals surface area contributed by atoms with E-state index in [0.717, 1.165) is 12.1 Å². The summed E-state index contributed by atoms with van der Waals surface area (Å²) >= 11 is 3.21. The third kappa shape index (κ3) is 3.11. The van der Waals surface area contributed by atoms with E-state index in [-0.39, 0.29) is 17.6 Å². The molecule has 2 aromatic rings. The van der Waals surface area contributed by atoms with Crippen LogP contribution in [0.2, 0.25) is 0 Å². The van der Waals surface area contributed by atoms with Gasteiger partial charge < -0.3 is 10.2 Å². The number of halogens is 1. The van der Waals surface area contributed by atoms with E-state index < -0.39 is 11.1 Å². The minimum Gasteiger partial charge on any atom is -0.361 e. The van der Waals surface area contributed by atoms with Crippen molar-refractivity contribution in [3.8, 4) is 0 Å². The molecular weight excluding hydrogens is 386 g/mol. The Bertz CT molecular complexity index is 840. The van der Waals surface area contributed by atoms with E-state index in [1.165, 1.54) is 6.07 Å². The summed E-state index contributed by atoms with van der Waals surface area (Å²) in [5.74, 6) is -0.0701. The number of para-hydroxylation sites is 1. The Labute approximate surface area is 154 Å². The second kappa shape index (κ2) is 6.84. The largest absolute Gasteiger partial charge is 0.361 e. The maximum atomic E-state index is 13.0. The van der Waals surface area contributed by atoms with Gasteiger partial charge in [-0.1, -0.05) is 25.1 Å². The van der Waals surface area contributed by atoms with Crippen LogP contribution in [0, 0.1) is 10.1 Å². The van der Waals surface area contributed by atoms with Crippen LogP contribution >= 0.6 is 15.9 Å². The van der Waals surface area contributed by atoms with Crippen LogP contribution in [0.15, 0.2) is 46.9 Å². The first-order valence-corrected chi connectivity index (χ1v) is 8.85. The number of nitro groups is 1. The quantitative estimate of drug-likeness (QED) is 0.591. The van der Waals surface area contributed by atoms with Gasteiger partial charge in [-0.05, 0) is 47.5 Å². The second-order valence-electron chi connectivity index (χ2n) is 6.03. The fourth-order valence-corrected chi connectivity index (χ4v) is 3.40. The predicted octanol–water partition coefficient (Wildman–Crippen LogP) is 4.72. The number of carbonyl (C=O) groups excluding carboxylic acids is 1. The van der Waals surface area contributed by atoms with E-state index in [9.17, 15) is 14.9 Å². The number of nitro benzene ring substituents is 1. The monoisotopic (exact) mass is 403 g/mol. The highest BCUT2D eigenvalue weighted by atomic mass is 79.9. The molecule has 0 saturated heterocycles. The van der Waals surface area contributed by atoms with Crippen LogP contribution in [0.5, 0.6) is 0 Å². The highest BCUT2D eigenvalue weighted by Crippen LogP contribution is 2.37. The van der Waals surface area contributed by atoms with Crippen molar-refractivity contribution in [2.75, 3.05) is 5.32 Å². The van der Waals surface area contributed by atoms with Gasteiger partial charge in [0, 0.05) is 23.4 Å². The van der Waals surface area contributed by atoms with E-state index >= 15 is 0 Å². The van der Waals surface area contributed by atoms with Gasteiger partial charge >= 0.3 is 0 Å². The SMILES string of the molecule is CC[C@H](C)N1C(=O)c2ccccc2N[C@H]1c1ccc(Br)c([N+](=O)[O-])c1. The molecule has 0 radical (unpaired) electrons. The number of rotatable bonds is 4. The molecule has 2 atom stereocenters. The second-order valence-corrected chi connectivity index (χ2v) is 6.88. The zero-order chi connectivity index (χ0) is 18.1. The topological polar surface area (TPSA) is 75.5 Å². The number of nitrogens with zero attached hydrogens (tertiary/aromatic N) is 2. The Kier molecular flexibility index (Phi) is 4.76. The van der Waals surface area contributed by atoms with E-state index in [1.807, 2.05) is 32.0 Å². The first-order valence-electron chi connectivity index (χ1n) is 8.06. The minimum atomic E-state index is -0.454. The molecule has 1 heterocycles. The molecular formula is C18H18BrN3O3. The first-order chi connectivity index (χ1) is 11.9. The van der Waals surface area contributed by atoms with Crippen molar-refractivity contribution >= 4 is 33.2 Å². The first kappa shape index (κ1) is 17.4. The average molecular weight is 404 g/mol. The lowest BCUT2D eigenvalue weighted by Crippen LogP contribution is -2.47. The molecule has 1 N–H and O–H groups in total. The fraction of sp³-hybridized carbons (Fsp3) is 0.278. The third-order valence-electron chi connectivity index (χ3n) is 4.51. The summed E-state index contributed by atoms with van der Waals surface area (Å²) in [6, 6.07) is 12.3. The summed E-state index contributed by atoms with van der Waals surface area (Å²) in [5.41, 5.74) is 2.01. The van der Waals surface area contributed by atoms with Gasteiger partial charge in [0.05, 0.1) is 15.0 Å². The van der Waals surface area contributed by atoms with Crippen LogP contribution in [0.25, 0.3) is 0 Å². The van der Waals surface area contributed by atoms with Crippen molar-refractivity contribution < 1.29 is 9.72 Å². The van der Waals surface area contributed by atoms with Gasteiger partial charge in [-0.3, -0.25) is 14.9 Å². The van der Waals surface area contributed by atoms with E-state index in [1.54, 1.807) is 23.1 Å². The maximum Gasteiger partial charge on any atom is 0.283 e. The standard InChI is InChI=1S/C18H18BrN3O3/c1-3-11(2)21-17(12-8-9-14(19)16(10-12)22(24)25)20-15-7-5-4-6-13(15)18(21)23/h4-11,17,20H,3H2,1-2H3/t11-,17+/m0/s1. The van der Waals surface area contributed by atoms with Crippen LogP contribution in [-0.2, 0) is 0 Å². The molecule has 0 aliphatic carbocycles. The van der Waals surface area contributed by atoms with Crippen molar-refractivity contribution in [3.05, 3.63) is 68.2 Å². The van der Waals surface area contributed by atoms with Crippen LogP contribution in [-0.4, -0.2) is 21.8 Å². The zero-order valence-electron chi connectivity index (χ0n) is 13.9. The van der Waals surface area contributed by atoms with Crippen molar-refractivity contribution in [2.24, 2.45) is 0 Å².